The van der Waals surface area contributed by atoms with Crippen molar-refractivity contribution in [3.63, 3.8) is 0 Å². The maximum Gasteiger partial charge on any atom is 0.134 e. The van der Waals surface area contributed by atoms with Crippen LogP contribution in [0.4, 0.5) is 0 Å². The molecule has 152 valence electrons. The molecule has 2 aromatic carbocycles. The van der Waals surface area contributed by atoms with Crippen LogP contribution in [0.15, 0.2) is 67.2 Å². The number of allylic oxidation sites excluding steroid dienone is 2. The van der Waals surface area contributed by atoms with E-state index < -0.39 is 0 Å². The van der Waals surface area contributed by atoms with Crippen LogP contribution in [0.2, 0.25) is 5.02 Å². The number of nitrogens with zero attached hydrogens (tertiary/aromatic N) is 1. The van der Waals surface area contributed by atoms with Gasteiger partial charge in [-0.25, -0.2) is 4.98 Å². The van der Waals surface area contributed by atoms with E-state index >= 15 is 0 Å². The largest absolute Gasteiger partial charge is 0.506 e. The van der Waals surface area contributed by atoms with E-state index in [1.165, 1.54) is 33.4 Å². The van der Waals surface area contributed by atoms with Crippen molar-refractivity contribution in [1.29, 1.82) is 0 Å². The molecule has 1 heterocycles. The fraction of sp³-hybridized carbons (Fsp3) is 0.222. The molecule has 1 aliphatic rings. The van der Waals surface area contributed by atoms with Crippen molar-refractivity contribution in [2.24, 2.45) is 0 Å². The molecule has 0 unspecified atom stereocenters. The number of benzene rings is 2. The van der Waals surface area contributed by atoms with Crippen LogP contribution in [0.25, 0.3) is 16.9 Å². The van der Waals surface area contributed by atoms with Crippen molar-refractivity contribution in [2.75, 3.05) is 0 Å². The van der Waals surface area contributed by atoms with Gasteiger partial charge in [0.15, 0.2) is 0 Å². The molecule has 1 aromatic heterocycles. The molecule has 0 bridgehead atoms. The molecule has 4 rings (SSSR count). The highest BCUT2D eigenvalue weighted by Crippen LogP contribution is 2.41. The van der Waals surface area contributed by atoms with Crippen LogP contribution in [0, 0.1) is 6.92 Å². The van der Waals surface area contributed by atoms with E-state index in [0.717, 1.165) is 42.8 Å². The van der Waals surface area contributed by atoms with Crippen molar-refractivity contribution >= 4 is 28.5 Å². The van der Waals surface area contributed by atoms with Gasteiger partial charge in [-0.2, -0.15) is 0 Å². The maximum absolute atomic E-state index is 9.76. The Kier molecular flexibility index (Phi) is 6.06. The topological polar surface area (TPSA) is 33.1 Å². The first-order valence-electron chi connectivity index (χ1n) is 10.4. The Bertz CT molecular complexity index is 1110. The minimum Gasteiger partial charge on any atom is -0.506 e. The van der Waals surface area contributed by atoms with Gasteiger partial charge in [-0.1, -0.05) is 60.1 Å². The van der Waals surface area contributed by atoms with E-state index in [4.69, 9.17) is 11.6 Å². The van der Waals surface area contributed by atoms with E-state index in [9.17, 15) is 5.11 Å². The lowest BCUT2D eigenvalue weighted by Gasteiger charge is -2.14. The highest BCUT2D eigenvalue weighted by molar-refractivity contribution is 6.30. The average molecular weight is 416 g/mol. The minimum atomic E-state index is -0.00135. The molecule has 0 saturated heterocycles. The summed E-state index contributed by atoms with van der Waals surface area (Å²) in [5.74, 6) is -0.00135. The molecule has 3 heteroatoms. The molecule has 2 nitrogen and oxygen atoms in total. The van der Waals surface area contributed by atoms with Crippen LogP contribution in [0.1, 0.15) is 52.9 Å². The van der Waals surface area contributed by atoms with Crippen LogP contribution in [0.3, 0.4) is 0 Å². The monoisotopic (exact) mass is 415 g/mol. The van der Waals surface area contributed by atoms with E-state index in [-0.39, 0.29) is 5.76 Å². The van der Waals surface area contributed by atoms with Crippen molar-refractivity contribution < 1.29 is 5.11 Å². The number of hydrogen-bond donors (Lipinski definition) is 1. The normalized spacial score (nSPS) is 13.7. The van der Waals surface area contributed by atoms with Gasteiger partial charge in [-0.15, -0.1) is 0 Å². The van der Waals surface area contributed by atoms with Crippen LogP contribution >= 0.6 is 11.6 Å². The van der Waals surface area contributed by atoms with Gasteiger partial charge in [0, 0.05) is 5.02 Å². The van der Waals surface area contributed by atoms with Gasteiger partial charge in [0.1, 0.15) is 11.5 Å². The SMILES string of the molecule is C=C(O)c1cccc(C2=C(c3cc(Cl)ccc3CCc3ccc(C)cc3)CCC2)n1. The van der Waals surface area contributed by atoms with Crippen LogP contribution in [-0.2, 0) is 12.8 Å². The lowest BCUT2D eigenvalue weighted by molar-refractivity contribution is 0.510. The van der Waals surface area contributed by atoms with Crippen molar-refractivity contribution in [2.45, 2.75) is 39.0 Å². The Morgan fingerprint density at radius 3 is 2.53 bits per heavy atom. The van der Waals surface area contributed by atoms with Crippen LogP contribution in [0.5, 0.6) is 0 Å². The lowest BCUT2D eigenvalue weighted by Crippen LogP contribution is -1.99. The van der Waals surface area contributed by atoms with Gasteiger partial charge in [0.05, 0.1) is 5.69 Å². The fourth-order valence-corrected chi connectivity index (χ4v) is 4.34. The third-order valence-electron chi connectivity index (χ3n) is 5.77. The quantitative estimate of drug-likeness (QED) is 0.424. The van der Waals surface area contributed by atoms with E-state index in [2.05, 4.69) is 54.9 Å². The summed E-state index contributed by atoms with van der Waals surface area (Å²) in [7, 11) is 0. The van der Waals surface area contributed by atoms with Gasteiger partial charge < -0.3 is 5.11 Å². The zero-order valence-corrected chi connectivity index (χ0v) is 18.0. The minimum absolute atomic E-state index is 0.00135. The second-order valence-corrected chi connectivity index (χ2v) is 8.39. The third-order valence-corrected chi connectivity index (χ3v) is 6.01. The Morgan fingerprint density at radius 2 is 1.77 bits per heavy atom. The molecule has 3 aromatic rings. The maximum atomic E-state index is 9.76. The molecule has 30 heavy (non-hydrogen) atoms. The Morgan fingerprint density at radius 1 is 1.00 bits per heavy atom. The van der Waals surface area contributed by atoms with Crippen molar-refractivity contribution in [1.82, 2.24) is 4.98 Å². The summed E-state index contributed by atoms with van der Waals surface area (Å²) in [6.45, 7) is 5.73. The summed E-state index contributed by atoms with van der Waals surface area (Å²) in [5.41, 5.74) is 9.19. The van der Waals surface area contributed by atoms with Crippen LogP contribution in [-0.4, -0.2) is 10.1 Å². The Labute approximate surface area is 183 Å². The summed E-state index contributed by atoms with van der Waals surface area (Å²) >= 11 is 6.41. The second-order valence-electron chi connectivity index (χ2n) is 7.95. The van der Waals surface area contributed by atoms with Crippen molar-refractivity contribution in [3.05, 3.63) is 106 Å². The third kappa shape index (κ3) is 4.49. The number of hydrogen-bond acceptors (Lipinski definition) is 2. The van der Waals surface area contributed by atoms with Crippen molar-refractivity contribution in [3.8, 4) is 0 Å². The van der Waals surface area contributed by atoms with Crippen LogP contribution < -0.4 is 0 Å². The first-order valence-corrected chi connectivity index (χ1v) is 10.8. The van der Waals surface area contributed by atoms with Gasteiger partial charge >= 0.3 is 0 Å². The standard InChI is InChI=1S/C27H26ClNO/c1-18-9-11-20(12-10-18)13-14-21-15-16-22(28)17-25(21)23-5-3-6-24(23)27-8-4-7-26(29-27)19(2)30/h4,7-12,15-17,30H,2-3,5-6,13-14H2,1H3. The number of halogens is 1. The van der Waals surface area contributed by atoms with Gasteiger partial charge in [0.25, 0.3) is 0 Å². The second kappa shape index (κ2) is 8.89. The number of aliphatic hydroxyl groups excluding tert-OH is 1. The highest BCUT2D eigenvalue weighted by Gasteiger charge is 2.21. The number of rotatable bonds is 6. The Balaban J connectivity index is 1.70. The number of aryl methyl sites for hydroxylation is 3. The molecular formula is C27H26ClNO. The predicted octanol–water partition coefficient (Wildman–Crippen LogP) is 7.45. The summed E-state index contributed by atoms with van der Waals surface area (Å²) < 4.78 is 0. The van der Waals surface area contributed by atoms with Gasteiger partial charge in [-0.05, 0) is 91.1 Å². The Hall–Kier alpha value is -2.84. The molecule has 0 fully saturated rings. The fourth-order valence-electron chi connectivity index (χ4n) is 4.17. The molecule has 0 amide bonds. The zero-order chi connectivity index (χ0) is 21.1. The molecule has 0 atom stereocenters. The summed E-state index contributed by atoms with van der Waals surface area (Å²) in [6, 6.07) is 20.7. The number of aliphatic hydroxyl groups is 1. The number of pyridine rings is 1. The molecule has 0 spiro atoms. The smallest absolute Gasteiger partial charge is 0.134 e. The summed E-state index contributed by atoms with van der Waals surface area (Å²) in [5, 5.41) is 10.5. The first-order chi connectivity index (χ1) is 14.5. The number of aromatic nitrogens is 1. The predicted molar refractivity (Wildman–Crippen MR) is 127 cm³/mol. The highest BCUT2D eigenvalue weighted by atomic mass is 35.5. The molecule has 1 N–H and O–H groups in total. The van der Waals surface area contributed by atoms with E-state index in [1.54, 1.807) is 6.07 Å². The summed E-state index contributed by atoms with van der Waals surface area (Å²) in [4.78, 5) is 4.64. The molecule has 1 aliphatic carbocycles. The van der Waals surface area contributed by atoms with Gasteiger partial charge in [0.2, 0.25) is 0 Å². The molecular weight excluding hydrogens is 390 g/mol. The molecule has 0 aliphatic heterocycles. The van der Waals surface area contributed by atoms with E-state index in [1.807, 2.05) is 18.2 Å². The van der Waals surface area contributed by atoms with E-state index in [0.29, 0.717) is 5.69 Å². The average Bonchev–Trinajstić information content (AvgIpc) is 3.24. The molecule has 0 saturated carbocycles. The van der Waals surface area contributed by atoms with Gasteiger partial charge in [-0.3, -0.25) is 0 Å². The first kappa shape index (κ1) is 20.4. The molecule has 0 radical (unpaired) electrons. The zero-order valence-electron chi connectivity index (χ0n) is 17.3. The summed E-state index contributed by atoms with van der Waals surface area (Å²) in [6.07, 6.45) is 5.05. The lowest BCUT2D eigenvalue weighted by atomic mass is 9.92.